The summed E-state index contributed by atoms with van der Waals surface area (Å²) in [5.74, 6) is 0.449. The van der Waals surface area contributed by atoms with Gasteiger partial charge in [-0.3, -0.25) is 0 Å². The monoisotopic (exact) mass is 233 g/mol. The standard InChI is InChI=1S/C14H19NO2/c1-4-12(10-15)14(2,16)9-11-5-7-13(17-3)8-6-11/h5-8,12,16H,4,9H2,1-3H3. The molecule has 0 saturated carbocycles. The lowest BCUT2D eigenvalue weighted by Gasteiger charge is -2.27. The highest BCUT2D eigenvalue weighted by Crippen LogP contribution is 2.25. The van der Waals surface area contributed by atoms with Crippen LogP contribution in [0, 0.1) is 17.2 Å². The Kier molecular flexibility index (Phi) is 4.53. The smallest absolute Gasteiger partial charge is 0.118 e. The van der Waals surface area contributed by atoms with Crippen molar-refractivity contribution in [2.75, 3.05) is 7.11 Å². The zero-order valence-electron chi connectivity index (χ0n) is 10.6. The molecule has 1 N–H and O–H groups in total. The first kappa shape index (κ1) is 13.5. The number of benzene rings is 1. The maximum atomic E-state index is 10.3. The molecule has 0 aliphatic heterocycles. The van der Waals surface area contributed by atoms with E-state index in [1.165, 1.54) is 0 Å². The Hall–Kier alpha value is -1.53. The van der Waals surface area contributed by atoms with Crippen molar-refractivity contribution in [1.29, 1.82) is 5.26 Å². The molecule has 2 atom stereocenters. The summed E-state index contributed by atoms with van der Waals surface area (Å²) in [7, 11) is 1.62. The zero-order chi connectivity index (χ0) is 12.9. The van der Waals surface area contributed by atoms with Crippen LogP contribution in [0.4, 0.5) is 0 Å². The lowest BCUT2D eigenvalue weighted by atomic mass is 9.83. The lowest BCUT2D eigenvalue weighted by molar-refractivity contribution is 0.0198. The molecule has 0 spiro atoms. The minimum absolute atomic E-state index is 0.343. The first-order valence-electron chi connectivity index (χ1n) is 5.78. The summed E-state index contributed by atoms with van der Waals surface area (Å²) in [4.78, 5) is 0. The molecule has 0 saturated heterocycles. The molecule has 1 aromatic carbocycles. The molecule has 0 heterocycles. The fourth-order valence-electron chi connectivity index (χ4n) is 1.95. The quantitative estimate of drug-likeness (QED) is 0.850. The van der Waals surface area contributed by atoms with Crippen LogP contribution in [0.2, 0.25) is 0 Å². The number of nitriles is 1. The maximum absolute atomic E-state index is 10.3. The minimum Gasteiger partial charge on any atom is -0.497 e. The van der Waals surface area contributed by atoms with E-state index >= 15 is 0 Å². The van der Waals surface area contributed by atoms with Crippen molar-refractivity contribution in [3.8, 4) is 11.8 Å². The molecular formula is C14H19NO2. The number of aliphatic hydroxyl groups is 1. The van der Waals surface area contributed by atoms with E-state index in [1.54, 1.807) is 14.0 Å². The third-order valence-corrected chi connectivity index (χ3v) is 3.04. The zero-order valence-corrected chi connectivity index (χ0v) is 10.6. The number of hydrogen-bond donors (Lipinski definition) is 1. The fourth-order valence-corrected chi connectivity index (χ4v) is 1.95. The first-order chi connectivity index (χ1) is 8.03. The van der Waals surface area contributed by atoms with Gasteiger partial charge in [0.25, 0.3) is 0 Å². The van der Waals surface area contributed by atoms with Crippen molar-refractivity contribution in [2.45, 2.75) is 32.3 Å². The SMILES string of the molecule is CCC(C#N)C(C)(O)Cc1ccc(OC)cc1. The van der Waals surface area contributed by atoms with Crippen LogP contribution in [0.5, 0.6) is 5.75 Å². The van der Waals surface area contributed by atoms with Gasteiger partial charge < -0.3 is 9.84 Å². The van der Waals surface area contributed by atoms with Gasteiger partial charge in [0.15, 0.2) is 0 Å². The Bertz CT molecular complexity index is 390. The number of rotatable bonds is 5. The van der Waals surface area contributed by atoms with Crippen LogP contribution in [-0.2, 0) is 6.42 Å². The molecule has 3 nitrogen and oxygen atoms in total. The molecule has 17 heavy (non-hydrogen) atoms. The highest BCUT2D eigenvalue weighted by atomic mass is 16.5. The molecule has 0 aliphatic carbocycles. The Balaban J connectivity index is 2.79. The average Bonchev–Trinajstić information content (AvgIpc) is 2.30. The van der Waals surface area contributed by atoms with Crippen molar-refractivity contribution < 1.29 is 9.84 Å². The summed E-state index contributed by atoms with van der Waals surface area (Å²) in [6.45, 7) is 3.63. The van der Waals surface area contributed by atoms with Gasteiger partial charge >= 0.3 is 0 Å². The molecule has 0 bridgehead atoms. The van der Waals surface area contributed by atoms with E-state index in [2.05, 4.69) is 6.07 Å². The molecule has 2 unspecified atom stereocenters. The van der Waals surface area contributed by atoms with Gasteiger partial charge in [-0.2, -0.15) is 5.26 Å². The van der Waals surface area contributed by atoms with Crippen molar-refractivity contribution in [2.24, 2.45) is 5.92 Å². The van der Waals surface area contributed by atoms with Gasteiger partial charge in [0.05, 0.1) is 24.7 Å². The van der Waals surface area contributed by atoms with Crippen molar-refractivity contribution >= 4 is 0 Å². The van der Waals surface area contributed by atoms with Gasteiger partial charge in [0.2, 0.25) is 0 Å². The Morgan fingerprint density at radius 2 is 2.00 bits per heavy atom. The Labute approximate surface area is 103 Å². The van der Waals surface area contributed by atoms with E-state index in [9.17, 15) is 5.11 Å². The molecular weight excluding hydrogens is 214 g/mol. The number of hydrogen-bond acceptors (Lipinski definition) is 3. The Morgan fingerprint density at radius 3 is 2.41 bits per heavy atom. The number of methoxy groups -OCH3 is 1. The van der Waals surface area contributed by atoms with Crippen LogP contribution >= 0.6 is 0 Å². The minimum atomic E-state index is -0.988. The van der Waals surface area contributed by atoms with Gasteiger partial charge in [0.1, 0.15) is 5.75 Å². The third-order valence-electron chi connectivity index (χ3n) is 3.04. The van der Waals surface area contributed by atoms with E-state index in [0.29, 0.717) is 12.8 Å². The van der Waals surface area contributed by atoms with E-state index in [4.69, 9.17) is 10.00 Å². The number of ether oxygens (including phenoxy) is 1. The largest absolute Gasteiger partial charge is 0.497 e. The second-order valence-corrected chi connectivity index (χ2v) is 4.47. The topological polar surface area (TPSA) is 53.2 Å². The third kappa shape index (κ3) is 3.47. The molecule has 0 aromatic heterocycles. The highest BCUT2D eigenvalue weighted by molar-refractivity contribution is 5.28. The summed E-state index contributed by atoms with van der Waals surface area (Å²) in [6, 6.07) is 9.71. The van der Waals surface area contributed by atoms with Crippen molar-refractivity contribution in [3.05, 3.63) is 29.8 Å². The molecule has 1 aromatic rings. The van der Waals surface area contributed by atoms with Gasteiger partial charge in [-0.25, -0.2) is 0 Å². The van der Waals surface area contributed by atoms with Gasteiger partial charge in [0, 0.05) is 6.42 Å². The van der Waals surface area contributed by atoms with Crippen molar-refractivity contribution in [3.63, 3.8) is 0 Å². The molecule has 1 rings (SSSR count). The van der Waals surface area contributed by atoms with Crippen LogP contribution in [-0.4, -0.2) is 17.8 Å². The summed E-state index contributed by atoms with van der Waals surface area (Å²) < 4.78 is 5.07. The summed E-state index contributed by atoms with van der Waals surface area (Å²) >= 11 is 0. The molecule has 0 radical (unpaired) electrons. The van der Waals surface area contributed by atoms with E-state index < -0.39 is 5.60 Å². The van der Waals surface area contributed by atoms with Crippen LogP contribution in [0.1, 0.15) is 25.8 Å². The van der Waals surface area contributed by atoms with E-state index in [1.807, 2.05) is 31.2 Å². The van der Waals surface area contributed by atoms with Crippen LogP contribution in [0.3, 0.4) is 0 Å². The normalized spacial score (nSPS) is 15.7. The fraction of sp³-hybridized carbons (Fsp3) is 0.500. The maximum Gasteiger partial charge on any atom is 0.118 e. The lowest BCUT2D eigenvalue weighted by Crippen LogP contribution is -2.35. The molecule has 0 aliphatic rings. The van der Waals surface area contributed by atoms with E-state index in [0.717, 1.165) is 11.3 Å². The average molecular weight is 233 g/mol. The molecule has 92 valence electrons. The summed E-state index contributed by atoms with van der Waals surface area (Å²) in [6.07, 6.45) is 1.13. The van der Waals surface area contributed by atoms with Crippen LogP contribution in [0.25, 0.3) is 0 Å². The predicted octanol–water partition coefficient (Wildman–Crippen LogP) is 2.54. The van der Waals surface area contributed by atoms with Crippen molar-refractivity contribution in [1.82, 2.24) is 0 Å². The summed E-state index contributed by atoms with van der Waals surface area (Å²) in [5, 5.41) is 19.3. The van der Waals surface area contributed by atoms with E-state index in [-0.39, 0.29) is 5.92 Å². The van der Waals surface area contributed by atoms with Gasteiger partial charge in [-0.05, 0) is 31.0 Å². The molecule has 0 amide bonds. The Morgan fingerprint density at radius 1 is 1.41 bits per heavy atom. The van der Waals surface area contributed by atoms with Gasteiger partial charge in [-0.1, -0.05) is 19.1 Å². The number of nitrogens with zero attached hydrogens (tertiary/aromatic N) is 1. The summed E-state index contributed by atoms with van der Waals surface area (Å²) in [5.41, 5.74) is 0.0162. The van der Waals surface area contributed by atoms with Crippen LogP contribution < -0.4 is 4.74 Å². The van der Waals surface area contributed by atoms with Gasteiger partial charge in [-0.15, -0.1) is 0 Å². The second-order valence-electron chi connectivity index (χ2n) is 4.47. The molecule has 3 heteroatoms. The highest BCUT2D eigenvalue weighted by Gasteiger charge is 2.30. The van der Waals surface area contributed by atoms with Crippen LogP contribution in [0.15, 0.2) is 24.3 Å². The predicted molar refractivity (Wildman–Crippen MR) is 66.7 cm³/mol. The second kappa shape index (κ2) is 5.70. The first-order valence-corrected chi connectivity index (χ1v) is 5.78. The molecule has 0 fully saturated rings.